The minimum Gasteiger partial charge on any atom is -0.347 e. The minimum absolute atomic E-state index is 0.105. The van der Waals surface area contributed by atoms with Crippen LogP contribution >= 0.6 is 11.6 Å². The Morgan fingerprint density at radius 3 is 3.09 bits per heavy atom. The lowest BCUT2D eigenvalue weighted by molar-refractivity contribution is -0.106. The van der Waals surface area contributed by atoms with E-state index in [0.29, 0.717) is 12.2 Å². The molecule has 58 valence electrons. The first-order valence-electron chi connectivity index (χ1n) is 2.85. The van der Waals surface area contributed by atoms with Crippen LogP contribution in [-0.4, -0.2) is 27.8 Å². The smallest absolute Gasteiger partial charge is 0.227 e. The first-order valence-corrected chi connectivity index (χ1v) is 3.23. The van der Waals surface area contributed by atoms with Gasteiger partial charge in [0.25, 0.3) is 0 Å². The first-order chi connectivity index (χ1) is 5.33. The molecule has 0 saturated carbocycles. The topological polar surface area (TPSA) is 67.8 Å². The van der Waals surface area contributed by atoms with Gasteiger partial charge in [-0.15, -0.1) is 0 Å². The molecular weight excluding hydrogens is 168 g/mol. The number of rotatable bonds is 3. The zero-order valence-electron chi connectivity index (χ0n) is 5.49. The monoisotopic (exact) mass is 172 g/mol. The molecule has 1 rings (SSSR count). The van der Waals surface area contributed by atoms with E-state index in [4.69, 9.17) is 11.6 Å². The molecule has 0 aliphatic carbocycles. The first kappa shape index (κ1) is 7.87. The number of carbonyl (C=O) groups excluding carboxylic acids is 1. The van der Waals surface area contributed by atoms with Gasteiger partial charge >= 0.3 is 0 Å². The van der Waals surface area contributed by atoms with Crippen LogP contribution in [0.5, 0.6) is 0 Å². The predicted molar refractivity (Wildman–Crippen MR) is 39.4 cm³/mol. The highest BCUT2D eigenvalue weighted by Crippen LogP contribution is 2.00. The van der Waals surface area contributed by atoms with Crippen LogP contribution in [0.4, 0.5) is 5.95 Å². The Hall–Kier alpha value is -1.23. The number of hydrogen-bond acceptors (Lipinski definition) is 5. The number of halogens is 1. The van der Waals surface area contributed by atoms with Crippen molar-refractivity contribution in [3.8, 4) is 0 Å². The third kappa shape index (κ3) is 2.46. The molecule has 0 saturated heterocycles. The molecule has 1 aromatic heterocycles. The van der Waals surface area contributed by atoms with Crippen molar-refractivity contribution in [3.63, 3.8) is 0 Å². The van der Waals surface area contributed by atoms with Gasteiger partial charge in [-0.1, -0.05) is 0 Å². The second-order valence-electron chi connectivity index (χ2n) is 1.63. The fraction of sp³-hybridized carbons (Fsp3) is 0.200. The summed E-state index contributed by atoms with van der Waals surface area (Å²) < 4.78 is 0. The van der Waals surface area contributed by atoms with Gasteiger partial charge in [0.05, 0.1) is 6.54 Å². The summed E-state index contributed by atoms with van der Waals surface area (Å²) >= 11 is 5.43. The summed E-state index contributed by atoms with van der Waals surface area (Å²) in [7, 11) is 0. The average Bonchev–Trinajstić information content (AvgIpc) is 2.01. The van der Waals surface area contributed by atoms with E-state index in [1.54, 1.807) is 0 Å². The number of carbonyl (C=O) groups is 1. The second-order valence-corrected chi connectivity index (χ2v) is 1.96. The van der Waals surface area contributed by atoms with Crippen LogP contribution in [0.3, 0.4) is 0 Å². The number of nitrogens with zero attached hydrogens (tertiary/aromatic N) is 3. The Morgan fingerprint density at radius 1 is 1.64 bits per heavy atom. The summed E-state index contributed by atoms with van der Waals surface area (Å²) in [6, 6.07) is 0. The van der Waals surface area contributed by atoms with Gasteiger partial charge in [-0.25, -0.2) is 9.97 Å². The SMILES string of the molecule is O=CCNc1ncnc(Cl)n1. The van der Waals surface area contributed by atoms with E-state index in [1.165, 1.54) is 6.33 Å². The maximum atomic E-state index is 9.90. The molecular formula is C5H5ClN4O. The molecule has 0 aliphatic rings. The van der Waals surface area contributed by atoms with Crippen molar-refractivity contribution >= 4 is 23.8 Å². The van der Waals surface area contributed by atoms with E-state index < -0.39 is 0 Å². The summed E-state index contributed by atoms with van der Waals surface area (Å²) in [6.45, 7) is 0.167. The molecule has 1 heterocycles. The fourth-order valence-electron chi connectivity index (χ4n) is 0.494. The van der Waals surface area contributed by atoms with Gasteiger partial charge in [-0.3, -0.25) is 0 Å². The van der Waals surface area contributed by atoms with Crippen molar-refractivity contribution in [2.24, 2.45) is 0 Å². The van der Waals surface area contributed by atoms with Crippen molar-refractivity contribution in [1.29, 1.82) is 0 Å². The lowest BCUT2D eigenvalue weighted by Crippen LogP contribution is -2.06. The molecule has 0 amide bonds. The molecule has 0 fully saturated rings. The van der Waals surface area contributed by atoms with Crippen molar-refractivity contribution in [1.82, 2.24) is 15.0 Å². The van der Waals surface area contributed by atoms with Crippen LogP contribution in [0.1, 0.15) is 0 Å². The number of nitrogens with one attached hydrogen (secondary N) is 1. The van der Waals surface area contributed by atoms with E-state index >= 15 is 0 Å². The molecule has 0 aliphatic heterocycles. The highest BCUT2D eigenvalue weighted by Gasteiger charge is 1.94. The van der Waals surface area contributed by atoms with Gasteiger partial charge in [-0.2, -0.15) is 4.98 Å². The molecule has 11 heavy (non-hydrogen) atoms. The summed E-state index contributed by atoms with van der Waals surface area (Å²) in [6.07, 6.45) is 1.97. The minimum atomic E-state index is 0.105. The molecule has 1 N–H and O–H groups in total. The maximum absolute atomic E-state index is 9.90. The van der Waals surface area contributed by atoms with Crippen LogP contribution in [0.2, 0.25) is 5.28 Å². The Bertz CT molecular complexity index is 254. The lowest BCUT2D eigenvalue weighted by Gasteiger charge is -1.97. The van der Waals surface area contributed by atoms with Gasteiger partial charge in [0, 0.05) is 0 Å². The summed E-state index contributed by atoms with van der Waals surface area (Å²) in [5.41, 5.74) is 0. The van der Waals surface area contributed by atoms with E-state index in [9.17, 15) is 4.79 Å². The van der Waals surface area contributed by atoms with Crippen LogP contribution in [0.25, 0.3) is 0 Å². The number of aldehydes is 1. The molecule has 0 atom stereocenters. The van der Waals surface area contributed by atoms with Gasteiger partial charge < -0.3 is 10.1 Å². The Kier molecular flexibility index (Phi) is 2.74. The van der Waals surface area contributed by atoms with E-state index in [1.807, 2.05) is 0 Å². The predicted octanol–water partition coefficient (Wildman–Crippen LogP) is 0.136. The standard InChI is InChI=1S/C5H5ClN4O/c6-4-8-3-9-5(10-4)7-1-2-11/h2-3H,1H2,(H,7,8,9,10). The zero-order chi connectivity index (χ0) is 8.10. The van der Waals surface area contributed by atoms with Crippen LogP contribution < -0.4 is 5.32 Å². The number of hydrogen-bond donors (Lipinski definition) is 1. The van der Waals surface area contributed by atoms with E-state index in [2.05, 4.69) is 20.3 Å². The molecule has 5 nitrogen and oxygen atoms in total. The van der Waals surface area contributed by atoms with Crippen molar-refractivity contribution < 1.29 is 4.79 Å². The Balaban J connectivity index is 2.63. The van der Waals surface area contributed by atoms with Crippen LogP contribution in [0.15, 0.2) is 6.33 Å². The second kappa shape index (κ2) is 3.82. The van der Waals surface area contributed by atoms with Crippen molar-refractivity contribution in [2.75, 3.05) is 11.9 Å². The quantitative estimate of drug-likeness (QED) is 0.657. The van der Waals surface area contributed by atoms with E-state index in [-0.39, 0.29) is 11.8 Å². The third-order valence-corrected chi connectivity index (χ3v) is 1.07. The van der Waals surface area contributed by atoms with E-state index in [0.717, 1.165) is 0 Å². The fourth-order valence-corrected chi connectivity index (χ4v) is 0.618. The average molecular weight is 173 g/mol. The number of anilines is 1. The molecule has 6 heteroatoms. The van der Waals surface area contributed by atoms with Gasteiger partial charge in [0.1, 0.15) is 12.6 Å². The molecule has 0 spiro atoms. The Labute approximate surface area is 67.8 Å². The summed E-state index contributed by atoms with van der Waals surface area (Å²) in [5.74, 6) is 0.303. The number of aromatic nitrogens is 3. The largest absolute Gasteiger partial charge is 0.347 e. The molecule has 0 aromatic carbocycles. The highest BCUT2D eigenvalue weighted by molar-refractivity contribution is 6.28. The molecule has 0 unspecified atom stereocenters. The molecule has 1 aromatic rings. The van der Waals surface area contributed by atoms with Crippen LogP contribution in [0, 0.1) is 0 Å². The van der Waals surface area contributed by atoms with Crippen molar-refractivity contribution in [2.45, 2.75) is 0 Å². The van der Waals surface area contributed by atoms with Gasteiger partial charge in [0.2, 0.25) is 11.2 Å². The lowest BCUT2D eigenvalue weighted by atomic mass is 10.7. The maximum Gasteiger partial charge on any atom is 0.227 e. The normalized spacial score (nSPS) is 9.18. The third-order valence-electron chi connectivity index (χ3n) is 0.886. The summed E-state index contributed by atoms with van der Waals surface area (Å²) in [4.78, 5) is 20.8. The van der Waals surface area contributed by atoms with Crippen LogP contribution in [-0.2, 0) is 4.79 Å². The molecule has 0 radical (unpaired) electrons. The van der Waals surface area contributed by atoms with Crippen molar-refractivity contribution in [3.05, 3.63) is 11.6 Å². The summed E-state index contributed by atoms with van der Waals surface area (Å²) in [5, 5.41) is 2.73. The molecule has 0 bridgehead atoms. The zero-order valence-corrected chi connectivity index (χ0v) is 6.25. The Morgan fingerprint density at radius 2 is 2.45 bits per heavy atom. The van der Waals surface area contributed by atoms with Gasteiger partial charge in [0.15, 0.2) is 0 Å². The van der Waals surface area contributed by atoms with Gasteiger partial charge in [-0.05, 0) is 11.6 Å². The highest BCUT2D eigenvalue weighted by atomic mass is 35.5.